The fourth-order valence-electron chi connectivity index (χ4n) is 3.18. The Labute approximate surface area is 146 Å². The molecular formula is C19H20N2O4. The number of carbonyl (C=O) groups excluding carboxylic acids is 1. The third-order valence-corrected chi connectivity index (χ3v) is 4.51. The molecule has 1 unspecified atom stereocenters. The molecule has 2 aromatic rings. The van der Waals surface area contributed by atoms with Gasteiger partial charge in [-0.1, -0.05) is 12.1 Å². The minimum absolute atomic E-state index is 0.235. The summed E-state index contributed by atoms with van der Waals surface area (Å²) in [5.41, 5.74) is 3.24. The SMILES string of the molecule is COc1ccc(-c2ccc(C(=O)N3CCCC3C(=O)O)cc2)c(C)n1. The van der Waals surface area contributed by atoms with Crippen LogP contribution in [0.5, 0.6) is 5.88 Å². The third kappa shape index (κ3) is 3.33. The third-order valence-electron chi connectivity index (χ3n) is 4.51. The monoisotopic (exact) mass is 340 g/mol. The summed E-state index contributed by atoms with van der Waals surface area (Å²) in [5.74, 6) is -0.620. The highest BCUT2D eigenvalue weighted by atomic mass is 16.5. The molecule has 1 N–H and O–H groups in total. The van der Waals surface area contributed by atoms with Gasteiger partial charge in [-0.25, -0.2) is 9.78 Å². The van der Waals surface area contributed by atoms with Crippen LogP contribution in [0.15, 0.2) is 36.4 Å². The van der Waals surface area contributed by atoms with E-state index in [1.807, 2.05) is 25.1 Å². The van der Waals surface area contributed by atoms with Gasteiger partial charge in [0.1, 0.15) is 6.04 Å². The van der Waals surface area contributed by atoms with Gasteiger partial charge in [-0.2, -0.15) is 0 Å². The number of aryl methyl sites for hydroxylation is 1. The number of aromatic nitrogens is 1. The molecule has 6 heteroatoms. The Morgan fingerprint density at radius 2 is 1.92 bits per heavy atom. The number of carbonyl (C=O) groups is 2. The van der Waals surface area contributed by atoms with Crippen molar-refractivity contribution in [2.45, 2.75) is 25.8 Å². The Morgan fingerprint density at radius 3 is 2.52 bits per heavy atom. The van der Waals surface area contributed by atoms with Crippen molar-refractivity contribution in [3.63, 3.8) is 0 Å². The molecule has 0 spiro atoms. The Kier molecular flexibility index (Phi) is 4.70. The molecule has 1 aromatic carbocycles. The molecule has 0 bridgehead atoms. The maximum absolute atomic E-state index is 12.6. The van der Waals surface area contributed by atoms with Crippen molar-refractivity contribution in [1.82, 2.24) is 9.88 Å². The summed E-state index contributed by atoms with van der Waals surface area (Å²) >= 11 is 0. The molecular weight excluding hydrogens is 320 g/mol. The summed E-state index contributed by atoms with van der Waals surface area (Å²) in [6.45, 7) is 2.39. The fourth-order valence-corrected chi connectivity index (χ4v) is 3.18. The summed E-state index contributed by atoms with van der Waals surface area (Å²) in [7, 11) is 1.57. The van der Waals surface area contributed by atoms with Crippen LogP contribution in [0.4, 0.5) is 0 Å². The maximum Gasteiger partial charge on any atom is 0.326 e. The lowest BCUT2D eigenvalue weighted by molar-refractivity contribution is -0.141. The van der Waals surface area contributed by atoms with E-state index in [4.69, 9.17) is 4.74 Å². The number of ether oxygens (including phenoxy) is 1. The number of hydrogen-bond donors (Lipinski definition) is 1. The summed E-state index contributed by atoms with van der Waals surface area (Å²) in [4.78, 5) is 29.7. The number of hydrogen-bond acceptors (Lipinski definition) is 4. The quantitative estimate of drug-likeness (QED) is 0.926. The zero-order valence-corrected chi connectivity index (χ0v) is 14.2. The lowest BCUT2D eigenvalue weighted by Crippen LogP contribution is -2.40. The Bertz CT molecular complexity index is 802. The van der Waals surface area contributed by atoms with E-state index in [0.29, 0.717) is 24.4 Å². The maximum atomic E-state index is 12.6. The van der Waals surface area contributed by atoms with Crippen LogP contribution in [-0.2, 0) is 4.79 Å². The van der Waals surface area contributed by atoms with Crippen molar-refractivity contribution in [2.75, 3.05) is 13.7 Å². The fraction of sp³-hybridized carbons (Fsp3) is 0.316. The van der Waals surface area contributed by atoms with Crippen LogP contribution in [0.3, 0.4) is 0 Å². The van der Waals surface area contributed by atoms with Crippen LogP contribution in [0.2, 0.25) is 0 Å². The number of pyridine rings is 1. The van der Waals surface area contributed by atoms with E-state index in [1.165, 1.54) is 4.90 Å². The van der Waals surface area contributed by atoms with Crippen LogP contribution in [0.1, 0.15) is 28.9 Å². The summed E-state index contributed by atoms with van der Waals surface area (Å²) in [6.07, 6.45) is 1.23. The molecule has 2 heterocycles. The van der Waals surface area contributed by atoms with Gasteiger partial charge in [-0.05, 0) is 43.5 Å². The normalized spacial score (nSPS) is 16.7. The standard InChI is InChI=1S/C19H20N2O4/c1-12-15(9-10-17(20-12)25-2)13-5-7-14(8-6-13)18(22)21-11-3-4-16(21)19(23)24/h5-10,16H,3-4,11H2,1-2H3,(H,23,24). The zero-order chi connectivity index (χ0) is 18.0. The molecule has 1 amide bonds. The van der Waals surface area contributed by atoms with E-state index in [2.05, 4.69) is 4.98 Å². The predicted molar refractivity (Wildman–Crippen MR) is 92.7 cm³/mol. The van der Waals surface area contributed by atoms with E-state index >= 15 is 0 Å². The van der Waals surface area contributed by atoms with E-state index in [0.717, 1.165) is 23.2 Å². The molecule has 1 aliphatic rings. The van der Waals surface area contributed by atoms with Crippen molar-refractivity contribution in [1.29, 1.82) is 0 Å². The lowest BCUT2D eigenvalue weighted by atomic mass is 10.0. The van der Waals surface area contributed by atoms with Gasteiger partial charge in [0.25, 0.3) is 5.91 Å². The minimum atomic E-state index is -0.942. The number of methoxy groups -OCH3 is 1. The van der Waals surface area contributed by atoms with Gasteiger partial charge in [0, 0.05) is 29.4 Å². The molecule has 1 saturated heterocycles. The highest BCUT2D eigenvalue weighted by molar-refractivity contribution is 5.97. The predicted octanol–water partition coefficient (Wildman–Crippen LogP) is 2.75. The first-order chi connectivity index (χ1) is 12.0. The van der Waals surface area contributed by atoms with Crippen molar-refractivity contribution in [3.05, 3.63) is 47.7 Å². The van der Waals surface area contributed by atoms with Gasteiger partial charge < -0.3 is 14.7 Å². The van der Waals surface area contributed by atoms with Crippen molar-refractivity contribution < 1.29 is 19.4 Å². The number of carboxylic acids is 1. The summed E-state index contributed by atoms with van der Waals surface area (Å²) in [5, 5.41) is 9.23. The average molecular weight is 340 g/mol. The molecule has 130 valence electrons. The number of rotatable bonds is 4. The average Bonchev–Trinajstić information content (AvgIpc) is 3.11. The van der Waals surface area contributed by atoms with Crippen molar-refractivity contribution >= 4 is 11.9 Å². The number of likely N-dealkylation sites (tertiary alicyclic amines) is 1. The number of carboxylic acid groups (broad SMARTS) is 1. The first-order valence-corrected chi connectivity index (χ1v) is 8.17. The smallest absolute Gasteiger partial charge is 0.326 e. The second-order valence-corrected chi connectivity index (χ2v) is 6.06. The molecule has 0 saturated carbocycles. The molecule has 1 aromatic heterocycles. The van der Waals surface area contributed by atoms with Gasteiger partial charge in [0.15, 0.2) is 0 Å². The Balaban J connectivity index is 1.83. The topological polar surface area (TPSA) is 79.7 Å². The minimum Gasteiger partial charge on any atom is -0.481 e. The van der Waals surface area contributed by atoms with E-state index < -0.39 is 12.0 Å². The Morgan fingerprint density at radius 1 is 1.20 bits per heavy atom. The second kappa shape index (κ2) is 6.93. The van der Waals surface area contributed by atoms with Crippen molar-refractivity contribution in [3.8, 4) is 17.0 Å². The van der Waals surface area contributed by atoms with Crippen LogP contribution >= 0.6 is 0 Å². The van der Waals surface area contributed by atoms with Gasteiger partial charge in [0.2, 0.25) is 5.88 Å². The molecule has 0 aliphatic carbocycles. The largest absolute Gasteiger partial charge is 0.481 e. The van der Waals surface area contributed by atoms with E-state index in [9.17, 15) is 14.7 Å². The zero-order valence-electron chi connectivity index (χ0n) is 14.2. The highest BCUT2D eigenvalue weighted by Gasteiger charge is 2.34. The van der Waals surface area contributed by atoms with Crippen LogP contribution in [0.25, 0.3) is 11.1 Å². The molecule has 1 atom stereocenters. The van der Waals surface area contributed by atoms with E-state index in [1.54, 1.807) is 25.3 Å². The summed E-state index contributed by atoms with van der Waals surface area (Å²) < 4.78 is 5.11. The molecule has 1 aliphatic heterocycles. The number of aliphatic carboxylic acids is 1. The van der Waals surface area contributed by atoms with Crippen molar-refractivity contribution in [2.24, 2.45) is 0 Å². The molecule has 0 radical (unpaired) electrons. The van der Waals surface area contributed by atoms with Gasteiger partial charge in [0.05, 0.1) is 7.11 Å². The first kappa shape index (κ1) is 17.0. The number of amides is 1. The van der Waals surface area contributed by atoms with Crippen LogP contribution in [0, 0.1) is 6.92 Å². The molecule has 6 nitrogen and oxygen atoms in total. The lowest BCUT2D eigenvalue weighted by Gasteiger charge is -2.21. The first-order valence-electron chi connectivity index (χ1n) is 8.17. The van der Waals surface area contributed by atoms with Gasteiger partial charge in [-0.15, -0.1) is 0 Å². The molecule has 25 heavy (non-hydrogen) atoms. The number of benzene rings is 1. The van der Waals surface area contributed by atoms with Crippen LogP contribution < -0.4 is 4.74 Å². The molecule has 1 fully saturated rings. The Hall–Kier alpha value is -2.89. The van der Waals surface area contributed by atoms with Gasteiger partial charge in [-0.3, -0.25) is 4.79 Å². The van der Waals surface area contributed by atoms with Gasteiger partial charge >= 0.3 is 5.97 Å². The number of nitrogens with zero attached hydrogens (tertiary/aromatic N) is 2. The highest BCUT2D eigenvalue weighted by Crippen LogP contribution is 2.26. The van der Waals surface area contributed by atoms with E-state index in [-0.39, 0.29) is 5.91 Å². The second-order valence-electron chi connectivity index (χ2n) is 6.06. The van der Waals surface area contributed by atoms with Crippen LogP contribution in [-0.4, -0.2) is 46.6 Å². The molecule has 3 rings (SSSR count). The summed E-state index contributed by atoms with van der Waals surface area (Å²) in [6, 6.07) is 10.2.